The highest BCUT2D eigenvalue weighted by Gasteiger charge is 2.23. The first-order valence-corrected chi connectivity index (χ1v) is 9.93. The van der Waals surface area contributed by atoms with E-state index in [9.17, 15) is 4.79 Å². The van der Waals surface area contributed by atoms with E-state index in [0.717, 1.165) is 27.3 Å². The number of hydrogen-bond donors (Lipinski definition) is 1. The van der Waals surface area contributed by atoms with Crippen LogP contribution in [-0.4, -0.2) is 41.5 Å². The van der Waals surface area contributed by atoms with Gasteiger partial charge in [0.25, 0.3) is 11.5 Å². The van der Waals surface area contributed by atoms with Gasteiger partial charge >= 0.3 is 0 Å². The summed E-state index contributed by atoms with van der Waals surface area (Å²) in [6.45, 7) is 5.68. The number of benzene rings is 2. The van der Waals surface area contributed by atoms with Crippen LogP contribution < -0.4 is 20.5 Å². The number of aromatic nitrogens is 3. The summed E-state index contributed by atoms with van der Waals surface area (Å²) in [6.07, 6.45) is 3.16. The van der Waals surface area contributed by atoms with Crippen molar-refractivity contribution >= 4 is 18.4 Å². The molecule has 0 aliphatic carbocycles. The second kappa shape index (κ2) is 9.86. The topological polar surface area (TPSA) is 103 Å². The molecular weight excluding hydrogens is 408 g/mol. The van der Waals surface area contributed by atoms with Gasteiger partial charge in [-0.25, -0.2) is 5.43 Å². The fraction of sp³-hybridized carbons (Fsp3) is 0.261. The highest BCUT2D eigenvalue weighted by atomic mass is 16.5. The predicted octanol–water partition coefficient (Wildman–Crippen LogP) is 3.28. The Kier molecular flexibility index (Phi) is 6.99. The van der Waals surface area contributed by atoms with Crippen LogP contribution in [0.2, 0.25) is 0 Å². The molecule has 0 saturated carbocycles. The summed E-state index contributed by atoms with van der Waals surface area (Å²) in [5, 5.41) is 16.8. The summed E-state index contributed by atoms with van der Waals surface area (Å²) in [6, 6.07) is 14.7. The van der Waals surface area contributed by atoms with Crippen LogP contribution in [0.15, 0.2) is 63.5 Å². The van der Waals surface area contributed by atoms with E-state index in [1.807, 2.05) is 69.3 Å². The van der Waals surface area contributed by atoms with Crippen LogP contribution in [0.5, 0.6) is 11.5 Å². The molecule has 0 amide bonds. The second-order valence-corrected chi connectivity index (χ2v) is 7.90. The maximum absolute atomic E-state index is 13.1. The minimum atomic E-state index is -0.494. The Morgan fingerprint density at radius 1 is 0.875 bits per heavy atom. The van der Waals surface area contributed by atoms with Crippen molar-refractivity contribution in [1.29, 1.82) is 0 Å². The largest absolute Gasteiger partial charge is 0.497 e. The van der Waals surface area contributed by atoms with E-state index in [-0.39, 0.29) is 11.5 Å². The number of anilines is 1. The van der Waals surface area contributed by atoms with Crippen molar-refractivity contribution in [3.05, 3.63) is 75.7 Å². The van der Waals surface area contributed by atoms with E-state index < -0.39 is 5.41 Å². The lowest BCUT2D eigenvalue weighted by Crippen LogP contribution is -2.33. The molecule has 0 aliphatic rings. The molecule has 0 bridgehead atoms. The molecule has 1 aromatic heterocycles. The van der Waals surface area contributed by atoms with Gasteiger partial charge in [-0.05, 0) is 59.7 Å². The normalized spacial score (nSPS) is 11.8. The van der Waals surface area contributed by atoms with Gasteiger partial charge in [-0.15, -0.1) is 10.2 Å². The lowest BCUT2D eigenvalue weighted by molar-refractivity contribution is 0.414. The van der Waals surface area contributed by atoms with Gasteiger partial charge in [-0.1, -0.05) is 20.8 Å². The first kappa shape index (κ1) is 22.7. The van der Waals surface area contributed by atoms with Crippen LogP contribution in [0, 0.1) is 0 Å². The molecular formula is C23H26N6O3. The third-order valence-corrected chi connectivity index (χ3v) is 4.48. The van der Waals surface area contributed by atoms with Crippen LogP contribution >= 0.6 is 0 Å². The molecule has 9 nitrogen and oxygen atoms in total. The first-order chi connectivity index (χ1) is 15.3. The van der Waals surface area contributed by atoms with Gasteiger partial charge in [0.05, 0.1) is 26.6 Å². The van der Waals surface area contributed by atoms with Gasteiger partial charge in [-0.3, -0.25) is 4.79 Å². The van der Waals surface area contributed by atoms with E-state index >= 15 is 0 Å². The molecule has 0 atom stereocenters. The van der Waals surface area contributed by atoms with Crippen molar-refractivity contribution in [2.75, 3.05) is 19.6 Å². The van der Waals surface area contributed by atoms with Crippen LogP contribution in [0.25, 0.3) is 0 Å². The van der Waals surface area contributed by atoms with Crippen molar-refractivity contribution < 1.29 is 9.47 Å². The van der Waals surface area contributed by atoms with Crippen molar-refractivity contribution in [2.24, 2.45) is 10.2 Å². The minimum absolute atomic E-state index is 0.0949. The van der Waals surface area contributed by atoms with E-state index in [1.54, 1.807) is 26.6 Å². The number of nitrogens with one attached hydrogen (secondary N) is 1. The number of methoxy groups -OCH3 is 2. The smallest absolute Gasteiger partial charge is 0.298 e. The van der Waals surface area contributed by atoms with Crippen LogP contribution in [-0.2, 0) is 5.41 Å². The van der Waals surface area contributed by atoms with E-state index in [2.05, 4.69) is 25.8 Å². The zero-order valence-electron chi connectivity index (χ0n) is 18.7. The molecule has 166 valence electrons. The highest BCUT2D eigenvalue weighted by molar-refractivity contribution is 5.80. The van der Waals surface area contributed by atoms with Gasteiger partial charge in [0.1, 0.15) is 17.2 Å². The quantitative estimate of drug-likeness (QED) is 0.452. The Bertz CT molecular complexity index is 1160. The third-order valence-electron chi connectivity index (χ3n) is 4.48. The molecule has 3 rings (SSSR count). The van der Waals surface area contributed by atoms with E-state index in [1.165, 1.54) is 0 Å². The van der Waals surface area contributed by atoms with Crippen molar-refractivity contribution in [3.63, 3.8) is 0 Å². The van der Waals surface area contributed by atoms with Gasteiger partial charge in [-0.2, -0.15) is 14.9 Å². The molecule has 1 N–H and O–H groups in total. The number of ether oxygens (including phenoxy) is 2. The predicted molar refractivity (Wildman–Crippen MR) is 125 cm³/mol. The summed E-state index contributed by atoms with van der Waals surface area (Å²) < 4.78 is 11.5. The Morgan fingerprint density at radius 2 is 1.41 bits per heavy atom. The van der Waals surface area contributed by atoms with Crippen molar-refractivity contribution in [3.8, 4) is 11.5 Å². The standard InChI is InChI=1S/C23H26N6O3/c1-23(2,3)20-21(30)29(25-15-17-8-12-19(32-5)13-9-17)22(28-26-20)27-24-14-16-6-10-18(31-4)11-7-16/h6-15H,1-5H3,(H,27,28)/b24-14-,25-15+. The number of hydrazone groups is 1. The average molecular weight is 435 g/mol. The van der Waals surface area contributed by atoms with Crippen LogP contribution in [0.1, 0.15) is 37.6 Å². The summed E-state index contributed by atoms with van der Waals surface area (Å²) >= 11 is 0. The molecule has 0 saturated heterocycles. The molecule has 0 unspecified atom stereocenters. The first-order valence-electron chi connectivity index (χ1n) is 9.93. The van der Waals surface area contributed by atoms with Crippen LogP contribution in [0.4, 0.5) is 5.95 Å². The Labute approximate surface area is 186 Å². The minimum Gasteiger partial charge on any atom is -0.497 e. The summed E-state index contributed by atoms with van der Waals surface area (Å²) in [4.78, 5) is 13.1. The van der Waals surface area contributed by atoms with Gasteiger partial charge in [0, 0.05) is 5.41 Å². The maximum atomic E-state index is 13.1. The number of rotatable bonds is 7. The summed E-state index contributed by atoms with van der Waals surface area (Å²) in [5.41, 5.74) is 3.82. The highest BCUT2D eigenvalue weighted by Crippen LogP contribution is 2.17. The third kappa shape index (κ3) is 5.57. The Hall–Kier alpha value is -4.01. The molecule has 0 radical (unpaired) electrons. The van der Waals surface area contributed by atoms with E-state index in [4.69, 9.17) is 9.47 Å². The Balaban J connectivity index is 1.91. The Morgan fingerprint density at radius 3 is 1.91 bits per heavy atom. The molecule has 0 fully saturated rings. The zero-order chi connectivity index (χ0) is 23.1. The average Bonchev–Trinajstić information content (AvgIpc) is 2.78. The SMILES string of the molecule is COc1ccc(/C=N\Nc2nnc(C(C)(C)C)c(=O)n2/N=C/c2ccc(OC)cc2)cc1. The second-order valence-electron chi connectivity index (χ2n) is 7.90. The van der Waals surface area contributed by atoms with Crippen molar-refractivity contribution in [1.82, 2.24) is 14.9 Å². The molecule has 1 heterocycles. The fourth-order valence-corrected chi connectivity index (χ4v) is 2.70. The molecule has 0 spiro atoms. The van der Waals surface area contributed by atoms with Gasteiger partial charge in [0.2, 0.25) is 0 Å². The van der Waals surface area contributed by atoms with Crippen molar-refractivity contribution in [2.45, 2.75) is 26.2 Å². The maximum Gasteiger partial charge on any atom is 0.298 e. The lowest BCUT2D eigenvalue weighted by atomic mass is 9.93. The van der Waals surface area contributed by atoms with Crippen LogP contribution in [0.3, 0.4) is 0 Å². The summed E-state index contributed by atoms with van der Waals surface area (Å²) in [7, 11) is 3.21. The number of nitrogens with zero attached hydrogens (tertiary/aromatic N) is 5. The molecule has 0 aliphatic heterocycles. The molecule has 3 aromatic rings. The van der Waals surface area contributed by atoms with Gasteiger partial charge in [0.15, 0.2) is 0 Å². The van der Waals surface area contributed by atoms with E-state index in [0.29, 0.717) is 5.69 Å². The molecule has 2 aromatic carbocycles. The lowest BCUT2D eigenvalue weighted by Gasteiger charge is -2.17. The molecule has 9 heteroatoms. The zero-order valence-corrected chi connectivity index (χ0v) is 18.7. The molecule has 32 heavy (non-hydrogen) atoms. The summed E-state index contributed by atoms with van der Waals surface area (Å²) in [5.74, 6) is 1.58. The van der Waals surface area contributed by atoms with Gasteiger partial charge < -0.3 is 9.47 Å². The number of hydrogen-bond acceptors (Lipinski definition) is 8. The monoisotopic (exact) mass is 434 g/mol. The fourth-order valence-electron chi connectivity index (χ4n) is 2.70.